The summed E-state index contributed by atoms with van der Waals surface area (Å²) in [6.45, 7) is 4.47. The highest BCUT2D eigenvalue weighted by Gasteiger charge is 1.82. The molecule has 58 valence electrons. The summed E-state index contributed by atoms with van der Waals surface area (Å²) in [6.07, 6.45) is 4.81. The third-order valence-corrected chi connectivity index (χ3v) is 1.13. The summed E-state index contributed by atoms with van der Waals surface area (Å²) in [6, 6.07) is 0. The van der Waals surface area contributed by atoms with Crippen LogP contribution in [0, 0.1) is 0 Å². The van der Waals surface area contributed by atoms with Crippen LogP contribution in [0.5, 0.6) is 0 Å². The van der Waals surface area contributed by atoms with Crippen LogP contribution < -0.4 is 0 Å². The van der Waals surface area contributed by atoms with E-state index in [2.05, 4.69) is 11.9 Å². The number of allylic oxidation sites excluding steroid dienone is 2. The SMILES string of the molecule is C/C=C(F)\C=N/CCCC. The smallest absolute Gasteiger partial charge is 0.136 e. The van der Waals surface area contributed by atoms with E-state index in [4.69, 9.17) is 0 Å². The van der Waals surface area contributed by atoms with Gasteiger partial charge in [0.05, 0.1) is 6.21 Å². The molecule has 1 nitrogen and oxygen atoms in total. The molecule has 2 heteroatoms. The molecule has 0 aromatic heterocycles. The zero-order valence-electron chi connectivity index (χ0n) is 6.60. The van der Waals surface area contributed by atoms with Gasteiger partial charge in [0.1, 0.15) is 5.83 Å². The normalized spacial score (nSPS) is 12.9. The van der Waals surface area contributed by atoms with Crippen molar-refractivity contribution in [1.82, 2.24) is 0 Å². The van der Waals surface area contributed by atoms with E-state index in [1.54, 1.807) is 6.92 Å². The summed E-state index contributed by atoms with van der Waals surface area (Å²) >= 11 is 0. The highest BCUT2D eigenvalue weighted by Crippen LogP contribution is 1.91. The molecule has 0 rings (SSSR count). The molecule has 0 aliphatic rings. The molecule has 10 heavy (non-hydrogen) atoms. The Morgan fingerprint density at radius 2 is 2.30 bits per heavy atom. The van der Waals surface area contributed by atoms with E-state index in [1.807, 2.05) is 0 Å². The predicted octanol–water partition coefficient (Wildman–Crippen LogP) is 2.73. The van der Waals surface area contributed by atoms with E-state index in [0.29, 0.717) is 0 Å². The topological polar surface area (TPSA) is 12.4 Å². The van der Waals surface area contributed by atoms with Gasteiger partial charge < -0.3 is 0 Å². The molecular weight excluding hydrogens is 129 g/mol. The lowest BCUT2D eigenvalue weighted by atomic mass is 10.3. The van der Waals surface area contributed by atoms with Gasteiger partial charge in [-0.05, 0) is 13.3 Å². The standard InChI is InChI=1S/C8H14FN/c1-3-5-6-10-7-8(9)4-2/h4,7H,3,5-6H2,1-2H3/b8-4+,10-7-. The lowest BCUT2D eigenvalue weighted by molar-refractivity contribution is 0.682. The molecule has 0 saturated heterocycles. The monoisotopic (exact) mass is 143 g/mol. The van der Waals surface area contributed by atoms with E-state index >= 15 is 0 Å². The first-order valence-corrected chi connectivity index (χ1v) is 3.63. The summed E-state index contributed by atoms with van der Waals surface area (Å²) in [7, 11) is 0. The molecule has 0 amide bonds. The molecule has 0 unspecified atom stereocenters. The molecule has 0 spiro atoms. The van der Waals surface area contributed by atoms with Crippen LogP contribution in [0.3, 0.4) is 0 Å². The van der Waals surface area contributed by atoms with Crippen LogP contribution >= 0.6 is 0 Å². The fourth-order valence-corrected chi connectivity index (χ4v) is 0.476. The average Bonchev–Trinajstić information content (AvgIpc) is 1.98. The molecule has 0 bridgehead atoms. The van der Waals surface area contributed by atoms with Gasteiger partial charge in [-0.25, -0.2) is 4.39 Å². The number of hydrogen-bond donors (Lipinski definition) is 0. The Bertz CT molecular complexity index is 127. The Morgan fingerprint density at radius 3 is 2.80 bits per heavy atom. The minimum absolute atomic E-state index is 0.254. The molecule has 0 aromatic rings. The van der Waals surface area contributed by atoms with Gasteiger partial charge in [-0.15, -0.1) is 0 Å². The van der Waals surface area contributed by atoms with Crippen LogP contribution in [-0.2, 0) is 0 Å². The van der Waals surface area contributed by atoms with Crippen LogP contribution in [0.15, 0.2) is 16.9 Å². The minimum Gasteiger partial charge on any atom is -0.290 e. The van der Waals surface area contributed by atoms with Crippen molar-refractivity contribution in [3.8, 4) is 0 Å². The average molecular weight is 143 g/mol. The second-order valence-corrected chi connectivity index (χ2v) is 2.06. The van der Waals surface area contributed by atoms with E-state index in [-0.39, 0.29) is 5.83 Å². The first-order chi connectivity index (χ1) is 4.81. The number of unbranched alkanes of at least 4 members (excludes halogenated alkanes) is 1. The Balaban J connectivity index is 3.37. The third kappa shape index (κ3) is 5.48. The Morgan fingerprint density at radius 1 is 1.60 bits per heavy atom. The Labute approximate surface area is 61.7 Å². The molecule has 0 atom stereocenters. The van der Waals surface area contributed by atoms with Crippen molar-refractivity contribution in [2.75, 3.05) is 6.54 Å². The molecule has 0 aliphatic carbocycles. The quantitative estimate of drug-likeness (QED) is 0.424. The molecular formula is C8H14FN. The van der Waals surface area contributed by atoms with E-state index in [0.717, 1.165) is 19.4 Å². The maximum Gasteiger partial charge on any atom is 0.136 e. The Hall–Kier alpha value is -0.660. The number of nitrogens with zero attached hydrogens (tertiary/aromatic N) is 1. The number of halogens is 1. The van der Waals surface area contributed by atoms with Crippen molar-refractivity contribution < 1.29 is 4.39 Å². The van der Waals surface area contributed by atoms with E-state index in [1.165, 1.54) is 12.3 Å². The van der Waals surface area contributed by atoms with Crippen molar-refractivity contribution >= 4 is 6.21 Å². The first kappa shape index (κ1) is 9.34. The van der Waals surface area contributed by atoms with Crippen LogP contribution in [0.25, 0.3) is 0 Å². The highest BCUT2D eigenvalue weighted by atomic mass is 19.1. The van der Waals surface area contributed by atoms with Gasteiger partial charge >= 0.3 is 0 Å². The van der Waals surface area contributed by atoms with Crippen LogP contribution in [0.4, 0.5) is 4.39 Å². The van der Waals surface area contributed by atoms with Crippen LogP contribution in [0.2, 0.25) is 0 Å². The maximum atomic E-state index is 12.3. The van der Waals surface area contributed by atoms with Crippen molar-refractivity contribution in [3.63, 3.8) is 0 Å². The molecule has 0 saturated carbocycles. The molecule has 0 aromatic carbocycles. The highest BCUT2D eigenvalue weighted by molar-refractivity contribution is 5.75. The summed E-state index contributed by atoms with van der Waals surface area (Å²) in [4.78, 5) is 3.86. The third-order valence-electron chi connectivity index (χ3n) is 1.13. The summed E-state index contributed by atoms with van der Waals surface area (Å²) in [5, 5.41) is 0. The number of aliphatic imine (C=N–C) groups is 1. The molecule has 0 fully saturated rings. The summed E-state index contributed by atoms with van der Waals surface area (Å²) in [5.41, 5.74) is 0. The van der Waals surface area contributed by atoms with Crippen molar-refractivity contribution in [2.45, 2.75) is 26.7 Å². The largest absolute Gasteiger partial charge is 0.290 e. The van der Waals surface area contributed by atoms with Gasteiger partial charge in [-0.1, -0.05) is 19.4 Å². The van der Waals surface area contributed by atoms with Gasteiger partial charge in [0.25, 0.3) is 0 Å². The number of rotatable bonds is 4. The summed E-state index contributed by atoms with van der Waals surface area (Å²) in [5.74, 6) is -0.254. The minimum atomic E-state index is -0.254. The molecule has 0 radical (unpaired) electrons. The number of hydrogen-bond acceptors (Lipinski definition) is 1. The van der Waals surface area contributed by atoms with Crippen molar-refractivity contribution in [2.24, 2.45) is 4.99 Å². The van der Waals surface area contributed by atoms with Gasteiger partial charge in [0.2, 0.25) is 0 Å². The van der Waals surface area contributed by atoms with E-state index in [9.17, 15) is 4.39 Å². The zero-order valence-corrected chi connectivity index (χ0v) is 6.60. The van der Waals surface area contributed by atoms with Gasteiger partial charge in [0, 0.05) is 6.54 Å². The molecule has 0 N–H and O–H groups in total. The second-order valence-electron chi connectivity index (χ2n) is 2.06. The van der Waals surface area contributed by atoms with Crippen LogP contribution in [-0.4, -0.2) is 12.8 Å². The van der Waals surface area contributed by atoms with Crippen LogP contribution in [0.1, 0.15) is 26.7 Å². The summed E-state index contributed by atoms with van der Waals surface area (Å²) < 4.78 is 12.3. The first-order valence-electron chi connectivity index (χ1n) is 3.63. The van der Waals surface area contributed by atoms with Crippen molar-refractivity contribution in [3.05, 3.63) is 11.9 Å². The fourth-order valence-electron chi connectivity index (χ4n) is 0.476. The zero-order chi connectivity index (χ0) is 7.82. The van der Waals surface area contributed by atoms with Crippen molar-refractivity contribution in [1.29, 1.82) is 0 Å². The lowest BCUT2D eigenvalue weighted by Gasteiger charge is -1.87. The molecule has 0 heterocycles. The molecule has 0 aliphatic heterocycles. The maximum absolute atomic E-state index is 12.3. The van der Waals surface area contributed by atoms with Gasteiger partial charge in [-0.3, -0.25) is 4.99 Å². The second kappa shape index (κ2) is 6.46. The van der Waals surface area contributed by atoms with Gasteiger partial charge in [-0.2, -0.15) is 0 Å². The lowest BCUT2D eigenvalue weighted by Crippen LogP contribution is -1.80. The van der Waals surface area contributed by atoms with Gasteiger partial charge in [0.15, 0.2) is 0 Å². The van der Waals surface area contributed by atoms with E-state index < -0.39 is 0 Å². The predicted molar refractivity (Wildman–Crippen MR) is 43.1 cm³/mol. The Kier molecular flexibility index (Phi) is 6.03. The fraction of sp³-hybridized carbons (Fsp3) is 0.625.